The number of alkyl halides is 2. The molecular weight excluding hydrogens is 332 g/mol. The van der Waals surface area contributed by atoms with E-state index < -0.39 is 12.3 Å². The number of pyridine rings is 1. The molecule has 0 N–H and O–H groups in total. The van der Waals surface area contributed by atoms with E-state index in [1.807, 2.05) is 0 Å². The van der Waals surface area contributed by atoms with Crippen LogP contribution in [0.4, 0.5) is 8.78 Å². The molecule has 1 aliphatic carbocycles. The van der Waals surface area contributed by atoms with Crippen LogP contribution in [0.5, 0.6) is 0 Å². The lowest BCUT2D eigenvalue weighted by Gasteiger charge is -2.06. The monoisotopic (exact) mass is 345 g/mol. The molecule has 0 aliphatic heterocycles. The number of hydrogen-bond donors (Lipinski definition) is 0. The van der Waals surface area contributed by atoms with Crippen molar-refractivity contribution in [2.24, 2.45) is 0 Å². The fraction of sp³-hybridized carbons (Fsp3) is 0.312. The summed E-state index contributed by atoms with van der Waals surface area (Å²) in [5, 5.41) is 6.85. The molecule has 128 valence electrons. The molecule has 4 rings (SSSR count). The average Bonchev–Trinajstić information content (AvgIpc) is 3.33. The molecule has 9 heteroatoms. The Morgan fingerprint density at radius 2 is 2.08 bits per heavy atom. The van der Waals surface area contributed by atoms with Gasteiger partial charge in [-0.15, -0.1) is 10.2 Å². The molecule has 1 fully saturated rings. The van der Waals surface area contributed by atoms with Gasteiger partial charge in [0.15, 0.2) is 0 Å². The molecular formula is C16H13F2N5O2. The van der Waals surface area contributed by atoms with Gasteiger partial charge in [-0.3, -0.25) is 14.3 Å². The maximum Gasteiger partial charge on any atom is 0.314 e. The summed E-state index contributed by atoms with van der Waals surface area (Å²) in [4.78, 5) is 20.8. The van der Waals surface area contributed by atoms with E-state index in [-0.39, 0.29) is 18.0 Å². The Morgan fingerprint density at radius 3 is 2.72 bits per heavy atom. The van der Waals surface area contributed by atoms with E-state index in [0.29, 0.717) is 17.2 Å². The van der Waals surface area contributed by atoms with Gasteiger partial charge < -0.3 is 4.42 Å². The summed E-state index contributed by atoms with van der Waals surface area (Å²) < 4.78 is 31.4. The van der Waals surface area contributed by atoms with Crippen molar-refractivity contribution < 1.29 is 13.2 Å². The Morgan fingerprint density at radius 1 is 1.24 bits per heavy atom. The molecule has 7 nitrogen and oxygen atoms in total. The first kappa shape index (κ1) is 15.6. The summed E-state index contributed by atoms with van der Waals surface area (Å²) in [6, 6.07) is 3.31. The molecule has 1 aliphatic rings. The third-order valence-corrected chi connectivity index (χ3v) is 3.98. The molecule has 0 spiro atoms. The number of halogens is 2. The maximum absolute atomic E-state index is 12.5. The van der Waals surface area contributed by atoms with Gasteiger partial charge in [0.25, 0.3) is 11.4 Å². The summed E-state index contributed by atoms with van der Waals surface area (Å²) in [6.07, 6.45) is 3.80. The van der Waals surface area contributed by atoms with Crippen LogP contribution in [0.25, 0.3) is 11.5 Å². The summed E-state index contributed by atoms with van der Waals surface area (Å²) in [7, 11) is 0. The summed E-state index contributed by atoms with van der Waals surface area (Å²) in [5.41, 5.74) is 1.75. The highest BCUT2D eigenvalue weighted by Gasteiger charge is 2.27. The van der Waals surface area contributed by atoms with Crippen molar-refractivity contribution >= 4 is 0 Å². The molecule has 3 aromatic heterocycles. The van der Waals surface area contributed by atoms with Gasteiger partial charge in [-0.25, -0.2) is 4.98 Å². The fourth-order valence-corrected chi connectivity index (χ4v) is 2.51. The minimum Gasteiger partial charge on any atom is -0.415 e. The molecule has 0 radical (unpaired) electrons. The largest absolute Gasteiger partial charge is 0.415 e. The van der Waals surface area contributed by atoms with E-state index >= 15 is 0 Å². The number of rotatable bonds is 5. The quantitative estimate of drug-likeness (QED) is 0.706. The summed E-state index contributed by atoms with van der Waals surface area (Å²) in [5.74, 6) is -0.429. The normalized spacial score (nSPS) is 14.2. The summed E-state index contributed by atoms with van der Waals surface area (Å²) in [6.45, 7) is 0.277. The Kier molecular flexibility index (Phi) is 3.83. The van der Waals surface area contributed by atoms with Crippen molar-refractivity contribution in [1.82, 2.24) is 24.7 Å². The van der Waals surface area contributed by atoms with Crippen molar-refractivity contribution in [3.63, 3.8) is 0 Å². The van der Waals surface area contributed by atoms with Gasteiger partial charge in [0, 0.05) is 18.0 Å². The van der Waals surface area contributed by atoms with Crippen LogP contribution in [0.2, 0.25) is 0 Å². The van der Waals surface area contributed by atoms with E-state index in [0.717, 1.165) is 18.4 Å². The summed E-state index contributed by atoms with van der Waals surface area (Å²) >= 11 is 0. The molecule has 0 bridgehead atoms. The van der Waals surface area contributed by atoms with Gasteiger partial charge in [-0.1, -0.05) is 0 Å². The zero-order chi connectivity index (χ0) is 17.4. The smallest absolute Gasteiger partial charge is 0.314 e. The van der Waals surface area contributed by atoms with Crippen LogP contribution >= 0.6 is 0 Å². The zero-order valence-electron chi connectivity index (χ0n) is 13.0. The maximum atomic E-state index is 12.5. The molecule has 0 aromatic carbocycles. The van der Waals surface area contributed by atoms with Crippen LogP contribution in [0, 0.1) is 0 Å². The van der Waals surface area contributed by atoms with Crippen molar-refractivity contribution in [2.75, 3.05) is 0 Å². The first-order valence-electron chi connectivity index (χ1n) is 7.73. The lowest BCUT2D eigenvalue weighted by atomic mass is 10.2. The second-order valence-electron chi connectivity index (χ2n) is 5.84. The Labute approximate surface area is 140 Å². The Hall–Kier alpha value is -2.97. The SMILES string of the molecule is O=c1c(C2CC2)cncn1Cc1ccc(-c2nnc(C(F)F)o2)cn1. The van der Waals surface area contributed by atoms with Gasteiger partial charge in [-0.2, -0.15) is 8.78 Å². The molecule has 0 saturated heterocycles. The molecule has 25 heavy (non-hydrogen) atoms. The van der Waals surface area contributed by atoms with E-state index in [4.69, 9.17) is 4.42 Å². The highest BCUT2D eigenvalue weighted by Crippen LogP contribution is 2.37. The zero-order valence-corrected chi connectivity index (χ0v) is 13.0. The molecule has 0 unspecified atom stereocenters. The first-order valence-corrected chi connectivity index (χ1v) is 7.73. The van der Waals surface area contributed by atoms with Gasteiger partial charge in [0.2, 0.25) is 5.89 Å². The highest BCUT2D eigenvalue weighted by molar-refractivity contribution is 5.50. The first-order chi connectivity index (χ1) is 12.1. The second kappa shape index (κ2) is 6.15. The molecule has 1 saturated carbocycles. The minimum absolute atomic E-state index is 0.0242. The lowest BCUT2D eigenvalue weighted by molar-refractivity contribution is 0.116. The lowest BCUT2D eigenvalue weighted by Crippen LogP contribution is -2.24. The van der Waals surface area contributed by atoms with Crippen molar-refractivity contribution in [3.8, 4) is 11.5 Å². The van der Waals surface area contributed by atoms with E-state index in [1.54, 1.807) is 18.3 Å². The van der Waals surface area contributed by atoms with Gasteiger partial charge >= 0.3 is 6.43 Å². The minimum atomic E-state index is -2.81. The van der Waals surface area contributed by atoms with Crippen molar-refractivity contribution in [3.05, 3.63) is 58.4 Å². The predicted molar refractivity (Wildman–Crippen MR) is 82.1 cm³/mol. The third kappa shape index (κ3) is 3.17. The predicted octanol–water partition coefficient (Wildman–Crippen LogP) is 2.55. The number of aromatic nitrogens is 5. The fourth-order valence-electron chi connectivity index (χ4n) is 2.51. The molecule has 3 aromatic rings. The molecule has 0 amide bonds. The molecule has 0 atom stereocenters. The van der Waals surface area contributed by atoms with Crippen LogP contribution in [-0.2, 0) is 6.54 Å². The molecule has 3 heterocycles. The van der Waals surface area contributed by atoms with E-state index in [1.165, 1.54) is 17.1 Å². The number of hydrogen-bond acceptors (Lipinski definition) is 6. The van der Waals surface area contributed by atoms with Crippen LogP contribution in [0.1, 0.15) is 42.3 Å². The average molecular weight is 345 g/mol. The van der Waals surface area contributed by atoms with Gasteiger partial charge in [-0.05, 0) is 30.9 Å². The van der Waals surface area contributed by atoms with E-state index in [2.05, 4.69) is 20.2 Å². The van der Waals surface area contributed by atoms with Crippen LogP contribution in [-0.4, -0.2) is 24.7 Å². The van der Waals surface area contributed by atoms with Gasteiger partial charge in [0.05, 0.1) is 24.1 Å². The van der Waals surface area contributed by atoms with Crippen molar-refractivity contribution in [1.29, 1.82) is 0 Å². The standard InChI is InChI=1S/C16H13F2N5O2/c17-13(18)15-22-21-14(25-15)10-3-4-11(20-5-10)7-23-8-19-6-12(16(23)24)9-1-2-9/h3-6,8-9,13H,1-2,7H2. The third-order valence-electron chi connectivity index (χ3n) is 3.98. The Bertz CT molecular complexity index is 948. The van der Waals surface area contributed by atoms with Gasteiger partial charge in [0.1, 0.15) is 0 Å². The topological polar surface area (TPSA) is 86.7 Å². The van der Waals surface area contributed by atoms with Crippen molar-refractivity contribution in [2.45, 2.75) is 31.7 Å². The van der Waals surface area contributed by atoms with Crippen LogP contribution in [0.3, 0.4) is 0 Å². The second-order valence-corrected chi connectivity index (χ2v) is 5.84. The van der Waals surface area contributed by atoms with E-state index in [9.17, 15) is 13.6 Å². The Balaban J connectivity index is 1.54. The number of nitrogens with zero attached hydrogens (tertiary/aromatic N) is 5. The van der Waals surface area contributed by atoms with Crippen LogP contribution in [0.15, 0.2) is 40.1 Å². The highest BCUT2D eigenvalue weighted by atomic mass is 19.3. The van der Waals surface area contributed by atoms with Crippen LogP contribution < -0.4 is 5.56 Å².